The summed E-state index contributed by atoms with van der Waals surface area (Å²) in [6, 6.07) is 8.73. The molecule has 1 heterocycles. The van der Waals surface area contributed by atoms with Gasteiger partial charge in [-0.1, -0.05) is 17.7 Å². The molecule has 0 fully saturated rings. The molecule has 0 aromatic heterocycles. The van der Waals surface area contributed by atoms with Crippen molar-refractivity contribution >= 4 is 11.3 Å². The minimum absolute atomic E-state index is 1.10. The molecule has 1 aromatic carbocycles. The molecule has 1 N–H and O–H groups in total. The van der Waals surface area contributed by atoms with Gasteiger partial charge in [0.15, 0.2) is 0 Å². The van der Waals surface area contributed by atoms with Gasteiger partial charge < -0.3 is 10.2 Å². The first-order valence-corrected chi connectivity index (χ1v) is 5.86. The zero-order chi connectivity index (χ0) is 11.5. The third-order valence-electron chi connectivity index (χ3n) is 3.29. The van der Waals surface area contributed by atoms with Crippen LogP contribution in [-0.4, -0.2) is 32.1 Å². The van der Waals surface area contributed by atoms with Crippen LogP contribution in [0.25, 0.3) is 5.57 Å². The summed E-state index contributed by atoms with van der Waals surface area (Å²) in [5, 5.41) is 3.15. The zero-order valence-electron chi connectivity index (χ0n) is 10.4. The van der Waals surface area contributed by atoms with Crippen molar-refractivity contribution in [1.82, 2.24) is 4.90 Å². The fraction of sp³-hybridized carbons (Fsp3) is 0.429. The van der Waals surface area contributed by atoms with Crippen LogP contribution in [0.4, 0.5) is 5.69 Å². The quantitative estimate of drug-likeness (QED) is 0.817. The molecular weight excluding hydrogens is 196 g/mol. The monoisotopic (exact) mass is 216 g/mol. The molecule has 16 heavy (non-hydrogen) atoms. The van der Waals surface area contributed by atoms with Gasteiger partial charge in [-0.25, -0.2) is 0 Å². The predicted octanol–water partition coefficient (Wildman–Crippen LogP) is 2.84. The minimum atomic E-state index is 1.10. The van der Waals surface area contributed by atoms with Crippen molar-refractivity contribution in [3.63, 3.8) is 0 Å². The highest BCUT2D eigenvalue weighted by Crippen LogP contribution is 2.27. The second-order valence-electron chi connectivity index (χ2n) is 4.57. The summed E-state index contributed by atoms with van der Waals surface area (Å²) < 4.78 is 0. The number of nitrogens with zero attached hydrogens (tertiary/aromatic N) is 1. The molecule has 1 aliphatic heterocycles. The summed E-state index contributed by atoms with van der Waals surface area (Å²) in [5.74, 6) is 0. The number of nitrogens with one attached hydrogen (secondary N) is 1. The van der Waals surface area contributed by atoms with E-state index in [4.69, 9.17) is 0 Å². The Morgan fingerprint density at radius 1 is 1.19 bits per heavy atom. The number of likely N-dealkylation sites (N-methyl/N-ethyl adjacent to an activating group) is 1. The topological polar surface area (TPSA) is 15.3 Å². The average molecular weight is 216 g/mol. The number of hydrogen-bond donors (Lipinski definition) is 1. The minimum Gasteiger partial charge on any atom is -0.388 e. The molecule has 2 rings (SSSR count). The Kier molecular flexibility index (Phi) is 3.30. The predicted molar refractivity (Wildman–Crippen MR) is 70.7 cm³/mol. The van der Waals surface area contributed by atoms with Crippen LogP contribution in [0.1, 0.15) is 18.9 Å². The first-order chi connectivity index (χ1) is 7.70. The van der Waals surface area contributed by atoms with E-state index in [2.05, 4.69) is 48.5 Å². The molecule has 0 radical (unpaired) electrons. The summed E-state index contributed by atoms with van der Waals surface area (Å²) in [6.07, 6.45) is 1.17. The summed E-state index contributed by atoms with van der Waals surface area (Å²) >= 11 is 0. The molecule has 2 heteroatoms. The molecule has 0 aliphatic carbocycles. The average Bonchev–Trinajstić information content (AvgIpc) is 2.29. The van der Waals surface area contributed by atoms with Crippen molar-refractivity contribution in [3.05, 3.63) is 35.4 Å². The highest BCUT2D eigenvalue weighted by atomic mass is 15.1. The third-order valence-corrected chi connectivity index (χ3v) is 3.29. The first-order valence-electron chi connectivity index (χ1n) is 5.86. The molecule has 0 bridgehead atoms. The Balaban J connectivity index is 2.26. The summed E-state index contributed by atoms with van der Waals surface area (Å²) in [4.78, 5) is 2.38. The van der Waals surface area contributed by atoms with Crippen molar-refractivity contribution in [2.75, 3.05) is 32.5 Å². The Hall–Kier alpha value is -1.28. The maximum absolute atomic E-state index is 3.15. The Bertz CT molecular complexity index is 390. The standard InChI is InChI=1S/C14H20N2/c1-11-10-16(3)9-8-14(11)12-4-6-13(15-2)7-5-12/h4-7,15H,8-10H2,1-3H3. The van der Waals surface area contributed by atoms with Crippen LogP contribution in [0.5, 0.6) is 0 Å². The molecule has 0 amide bonds. The van der Waals surface area contributed by atoms with Gasteiger partial charge in [-0.15, -0.1) is 0 Å². The van der Waals surface area contributed by atoms with E-state index in [1.54, 1.807) is 0 Å². The van der Waals surface area contributed by atoms with E-state index in [1.165, 1.54) is 35.4 Å². The molecular formula is C14H20N2. The van der Waals surface area contributed by atoms with E-state index in [1.807, 2.05) is 7.05 Å². The van der Waals surface area contributed by atoms with Gasteiger partial charge in [-0.3, -0.25) is 0 Å². The van der Waals surface area contributed by atoms with Gasteiger partial charge in [-0.05, 0) is 43.7 Å². The lowest BCUT2D eigenvalue weighted by molar-refractivity contribution is 0.359. The van der Waals surface area contributed by atoms with Crippen LogP contribution < -0.4 is 5.32 Å². The van der Waals surface area contributed by atoms with E-state index < -0.39 is 0 Å². The van der Waals surface area contributed by atoms with Gasteiger partial charge in [0.1, 0.15) is 0 Å². The second-order valence-corrected chi connectivity index (χ2v) is 4.57. The lowest BCUT2D eigenvalue weighted by Crippen LogP contribution is -2.26. The molecule has 0 saturated heterocycles. The van der Waals surface area contributed by atoms with Crippen LogP contribution in [0, 0.1) is 0 Å². The fourth-order valence-corrected chi connectivity index (χ4v) is 2.32. The van der Waals surface area contributed by atoms with Gasteiger partial charge in [0, 0.05) is 25.8 Å². The molecule has 2 nitrogen and oxygen atoms in total. The van der Waals surface area contributed by atoms with Gasteiger partial charge in [-0.2, -0.15) is 0 Å². The number of anilines is 1. The smallest absolute Gasteiger partial charge is 0.0337 e. The molecule has 0 spiro atoms. The number of rotatable bonds is 2. The Morgan fingerprint density at radius 3 is 2.44 bits per heavy atom. The van der Waals surface area contributed by atoms with E-state index >= 15 is 0 Å². The van der Waals surface area contributed by atoms with Crippen molar-refractivity contribution < 1.29 is 0 Å². The van der Waals surface area contributed by atoms with Crippen LogP contribution in [0.2, 0.25) is 0 Å². The second kappa shape index (κ2) is 4.71. The Labute approximate surface area is 98.0 Å². The van der Waals surface area contributed by atoms with Crippen molar-refractivity contribution in [2.24, 2.45) is 0 Å². The van der Waals surface area contributed by atoms with Crippen LogP contribution >= 0.6 is 0 Å². The lowest BCUT2D eigenvalue weighted by atomic mass is 9.94. The lowest BCUT2D eigenvalue weighted by Gasteiger charge is -2.26. The molecule has 0 saturated carbocycles. The van der Waals surface area contributed by atoms with Crippen LogP contribution in [0.3, 0.4) is 0 Å². The number of hydrogen-bond acceptors (Lipinski definition) is 2. The summed E-state index contributed by atoms with van der Waals surface area (Å²) in [7, 11) is 4.14. The van der Waals surface area contributed by atoms with Gasteiger partial charge in [0.05, 0.1) is 0 Å². The molecule has 0 atom stereocenters. The van der Waals surface area contributed by atoms with E-state index in [0.29, 0.717) is 0 Å². The summed E-state index contributed by atoms with van der Waals surface area (Å²) in [5.41, 5.74) is 5.59. The normalized spacial score (nSPS) is 17.7. The van der Waals surface area contributed by atoms with E-state index in [9.17, 15) is 0 Å². The van der Waals surface area contributed by atoms with Crippen LogP contribution in [0.15, 0.2) is 29.8 Å². The number of benzene rings is 1. The van der Waals surface area contributed by atoms with Gasteiger partial charge in [0.25, 0.3) is 0 Å². The van der Waals surface area contributed by atoms with E-state index in [0.717, 1.165) is 6.54 Å². The summed E-state index contributed by atoms with van der Waals surface area (Å²) in [6.45, 7) is 4.51. The maximum atomic E-state index is 3.15. The Morgan fingerprint density at radius 2 is 1.88 bits per heavy atom. The molecule has 0 unspecified atom stereocenters. The molecule has 86 valence electrons. The van der Waals surface area contributed by atoms with Crippen molar-refractivity contribution in [3.8, 4) is 0 Å². The maximum Gasteiger partial charge on any atom is 0.0337 e. The third kappa shape index (κ3) is 2.27. The largest absolute Gasteiger partial charge is 0.388 e. The van der Waals surface area contributed by atoms with Crippen LogP contribution in [-0.2, 0) is 0 Å². The zero-order valence-corrected chi connectivity index (χ0v) is 10.4. The molecule has 1 aliphatic rings. The van der Waals surface area contributed by atoms with Gasteiger partial charge in [0.2, 0.25) is 0 Å². The fourth-order valence-electron chi connectivity index (χ4n) is 2.32. The van der Waals surface area contributed by atoms with Gasteiger partial charge >= 0.3 is 0 Å². The molecule has 1 aromatic rings. The highest BCUT2D eigenvalue weighted by molar-refractivity contribution is 5.70. The highest BCUT2D eigenvalue weighted by Gasteiger charge is 2.14. The first kappa shape index (κ1) is 11.2. The SMILES string of the molecule is CNc1ccc(C2=C(C)CN(C)CC2)cc1. The van der Waals surface area contributed by atoms with E-state index in [-0.39, 0.29) is 0 Å². The van der Waals surface area contributed by atoms with Crippen molar-refractivity contribution in [1.29, 1.82) is 0 Å². The van der Waals surface area contributed by atoms with Crippen molar-refractivity contribution in [2.45, 2.75) is 13.3 Å².